The fraction of sp³-hybridized carbons (Fsp3) is 0.636. The van der Waals surface area contributed by atoms with Crippen LogP contribution in [-0.2, 0) is 14.3 Å². The van der Waals surface area contributed by atoms with E-state index in [1.54, 1.807) is 12.1 Å². The second-order valence-electron chi connectivity index (χ2n) is 7.83. The van der Waals surface area contributed by atoms with Gasteiger partial charge in [0.2, 0.25) is 11.8 Å². The van der Waals surface area contributed by atoms with E-state index in [-0.39, 0.29) is 29.5 Å². The van der Waals surface area contributed by atoms with Crippen molar-refractivity contribution in [3.8, 4) is 0 Å². The van der Waals surface area contributed by atoms with Gasteiger partial charge >= 0.3 is 0 Å². The zero-order chi connectivity index (χ0) is 19.9. The molecule has 2 aliphatic rings. The van der Waals surface area contributed by atoms with Crippen molar-refractivity contribution in [1.29, 1.82) is 0 Å². The number of rotatable bonds is 6. The largest absolute Gasteiger partial charge is 0.378 e. The zero-order valence-corrected chi connectivity index (χ0v) is 16.7. The van der Waals surface area contributed by atoms with Crippen molar-refractivity contribution in [3.63, 3.8) is 0 Å². The summed E-state index contributed by atoms with van der Waals surface area (Å²) in [5.41, 5.74) is 1.02. The van der Waals surface area contributed by atoms with Crippen LogP contribution in [0, 0.1) is 11.7 Å². The van der Waals surface area contributed by atoms with Crippen molar-refractivity contribution >= 4 is 11.8 Å². The number of amides is 2. The van der Waals surface area contributed by atoms with Crippen LogP contribution in [0.25, 0.3) is 0 Å². The van der Waals surface area contributed by atoms with Gasteiger partial charge in [-0.2, -0.15) is 0 Å². The Labute approximate surface area is 166 Å². The maximum absolute atomic E-state index is 13.2. The second kappa shape index (κ2) is 10.0. The van der Waals surface area contributed by atoms with Crippen molar-refractivity contribution in [2.24, 2.45) is 5.92 Å². The van der Waals surface area contributed by atoms with Gasteiger partial charge in [0.25, 0.3) is 0 Å². The fourth-order valence-corrected chi connectivity index (χ4v) is 4.23. The number of halogens is 1. The fourth-order valence-electron chi connectivity index (χ4n) is 4.23. The van der Waals surface area contributed by atoms with Crippen molar-refractivity contribution in [3.05, 3.63) is 35.6 Å². The highest BCUT2D eigenvalue weighted by molar-refractivity contribution is 5.80. The molecule has 0 saturated carbocycles. The summed E-state index contributed by atoms with van der Waals surface area (Å²) in [6.45, 7) is 5.96. The number of carbonyl (C=O) groups is 2. The predicted molar refractivity (Wildman–Crippen MR) is 105 cm³/mol. The normalized spacial score (nSPS) is 19.5. The number of hydrogen-bond acceptors (Lipinski definition) is 3. The minimum Gasteiger partial charge on any atom is -0.378 e. The molecule has 2 amide bonds. The molecule has 0 spiro atoms. The first-order chi connectivity index (χ1) is 13.6. The Morgan fingerprint density at radius 1 is 1.07 bits per heavy atom. The number of hydrogen-bond donors (Lipinski definition) is 0. The zero-order valence-electron chi connectivity index (χ0n) is 16.7. The van der Waals surface area contributed by atoms with Gasteiger partial charge in [-0.05, 0) is 42.9 Å². The van der Waals surface area contributed by atoms with Crippen LogP contribution in [-0.4, -0.2) is 61.0 Å². The van der Waals surface area contributed by atoms with Crippen molar-refractivity contribution < 1.29 is 18.7 Å². The van der Waals surface area contributed by atoms with E-state index in [2.05, 4.69) is 6.92 Å². The van der Waals surface area contributed by atoms with Gasteiger partial charge in [-0.1, -0.05) is 25.5 Å². The number of benzene rings is 1. The standard InChI is InChI=1S/C22H31FN2O3/c1-2-3-19(17-4-6-20(23)7-5-17)16-21(26)24-10-8-18(9-11-24)22(27)25-12-14-28-15-13-25/h4-7,18-19H,2-3,8-16H2,1H3. The summed E-state index contributed by atoms with van der Waals surface area (Å²) in [6, 6.07) is 6.50. The molecule has 1 atom stereocenters. The molecule has 0 aromatic heterocycles. The summed E-state index contributed by atoms with van der Waals surface area (Å²) in [7, 11) is 0. The van der Waals surface area contributed by atoms with Gasteiger partial charge in [0.1, 0.15) is 5.82 Å². The molecule has 28 heavy (non-hydrogen) atoms. The Morgan fingerprint density at radius 3 is 2.32 bits per heavy atom. The first-order valence-electron chi connectivity index (χ1n) is 10.5. The van der Waals surface area contributed by atoms with Crippen LogP contribution >= 0.6 is 0 Å². The van der Waals surface area contributed by atoms with Crippen LogP contribution in [0.2, 0.25) is 0 Å². The molecule has 2 fully saturated rings. The molecule has 0 radical (unpaired) electrons. The molecule has 2 saturated heterocycles. The molecule has 154 valence electrons. The van der Waals surface area contributed by atoms with Crippen molar-refractivity contribution in [1.82, 2.24) is 9.80 Å². The summed E-state index contributed by atoms with van der Waals surface area (Å²) in [4.78, 5) is 29.3. The number of morpholine rings is 1. The lowest BCUT2D eigenvalue weighted by molar-refractivity contribution is -0.143. The van der Waals surface area contributed by atoms with Crippen LogP contribution < -0.4 is 0 Å². The van der Waals surface area contributed by atoms with E-state index in [4.69, 9.17) is 4.74 Å². The highest BCUT2D eigenvalue weighted by Gasteiger charge is 2.31. The Morgan fingerprint density at radius 2 is 1.71 bits per heavy atom. The molecule has 0 N–H and O–H groups in total. The van der Waals surface area contributed by atoms with E-state index < -0.39 is 0 Å². The molecule has 6 heteroatoms. The van der Waals surface area contributed by atoms with Crippen LogP contribution in [0.4, 0.5) is 4.39 Å². The lowest BCUT2D eigenvalue weighted by Gasteiger charge is -2.36. The van der Waals surface area contributed by atoms with Crippen LogP contribution in [0.1, 0.15) is 50.5 Å². The number of ether oxygens (including phenoxy) is 1. The summed E-state index contributed by atoms with van der Waals surface area (Å²) >= 11 is 0. The van der Waals surface area contributed by atoms with E-state index in [1.807, 2.05) is 9.80 Å². The molecule has 3 rings (SSSR count). The SMILES string of the molecule is CCCC(CC(=O)N1CCC(C(=O)N2CCOCC2)CC1)c1ccc(F)cc1. The van der Waals surface area contributed by atoms with Crippen LogP contribution in [0.15, 0.2) is 24.3 Å². The van der Waals surface area contributed by atoms with E-state index in [0.717, 1.165) is 31.2 Å². The third kappa shape index (κ3) is 5.31. The highest BCUT2D eigenvalue weighted by Crippen LogP contribution is 2.28. The maximum atomic E-state index is 13.2. The van der Waals surface area contributed by atoms with Crippen molar-refractivity contribution in [2.75, 3.05) is 39.4 Å². The van der Waals surface area contributed by atoms with E-state index in [0.29, 0.717) is 45.8 Å². The molecular weight excluding hydrogens is 359 g/mol. The minimum absolute atomic E-state index is 0.0192. The number of carbonyl (C=O) groups excluding carboxylic acids is 2. The maximum Gasteiger partial charge on any atom is 0.225 e. The van der Waals surface area contributed by atoms with Gasteiger partial charge < -0.3 is 14.5 Å². The van der Waals surface area contributed by atoms with Crippen molar-refractivity contribution in [2.45, 2.75) is 44.9 Å². The third-order valence-corrected chi connectivity index (χ3v) is 5.92. The monoisotopic (exact) mass is 390 g/mol. The van der Waals surface area contributed by atoms with Gasteiger partial charge in [-0.15, -0.1) is 0 Å². The first kappa shape index (κ1) is 20.8. The third-order valence-electron chi connectivity index (χ3n) is 5.92. The molecule has 2 aliphatic heterocycles. The van der Waals surface area contributed by atoms with Crippen LogP contribution in [0.5, 0.6) is 0 Å². The van der Waals surface area contributed by atoms with E-state index in [9.17, 15) is 14.0 Å². The minimum atomic E-state index is -0.252. The molecule has 1 aromatic carbocycles. The van der Waals surface area contributed by atoms with Gasteiger partial charge in [0, 0.05) is 38.5 Å². The summed E-state index contributed by atoms with van der Waals surface area (Å²) in [6.07, 6.45) is 3.80. The lowest BCUT2D eigenvalue weighted by Crippen LogP contribution is -2.47. The van der Waals surface area contributed by atoms with E-state index in [1.165, 1.54) is 12.1 Å². The Balaban J connectivity index is 1.52. The summed E-state index contributed by atoms with van der Waals surface area (Å²) < 4.78 is 18.5. The number of piperidine rings is 1. The first-order valence-corrected chi connectivity index (χ1v) is 10.5. The second-order valence-corrected chi connectivity index (χ2v) is 7.83. The summed E-state index contributed by atoms with van der Waals surface area (Å²) in [5.74, 6) is 0.236. The molecule has 5 nitrogen and oxygen atoms in total. The van der Waals surface area contributed by atoms with Gasteiger partial charge in [0.15, 0.2) is 0 Å². The van der Waals surface area contributed by atoms with Gasteiger partial charge in [0.05, 0.1) is 13.2 Å². The van der Waals surface area contributed by atoms with Gasteiger partial charge in [-0.25, -0.2) is 4.39 Å². The highest BCUT2D eigenvalue weighted by atomic mass is 19.1. The Kier molecular flexibility index (Phi) is 7.43. The number of nitrogens with zero attached hydrogens (tertiary/aromatic N) is 2. The molecule has 1 unspecified atom stereocenters. The van der Waals surface area contributed by atoms with Crippen LogP contribution in [0.3, 0.4) is 0 Å². The molecule has 2 heterocycles. The lowest BCUT2D eigenvalue weighted by atomic mass is 9.90. The predicted octanol–water partition coefficient (Wildman–Crippen LogP) is 3.20. The molecular formula is C22H31FN2O3. The quantitative estimate of drug-likeness (QED) is 0.750. The smallest absolute Gasteiger partial charge is 0.225 e. The number of likely N-dealkylation sites (tertiary alicyclic amines) is 1. The average molecular weight is 390 g/mol. The Bertz CT molecular complexity index is 650. The molecule has 0 bridgehead atoms. The van der Waals surface area contributed by atoms with E-state index >= 15 is 0 Å². The summed E-state index contributed by atoms with van der Waals surface area (Å²) in [5, 5.41) is 0. The topological polar surface area (TPSA) is 49.9 Å². The Hall–Kier alpha value is -1.95. The van der Waals surface area contributed by atoms with Gasteiger partial charge in [-0.3, -0.25) is 9.59 Å². The molecule has 0 aliphatic carbocycles. The average Bonchev–Trinajstić information content (AvgIpc) is 2.74. The molecule has 1 aromatic rings.